The molecular weight excluding hydrogens is 355 g/mol. The second-order valence-electron chi connectivity index (χ2n) is 7.15. The van der Waals surface area contributed by atoms with Crippen molar-refractivity contribution in [2.45, 2.75) is 18.9 Å². The molecule has 1 aliphatic heterocycles. The number of piperidine rings is 1. The predicted molar refractivity (Wildman–Crippen MR) is 111 cm³/mol. The zero-order chi connectivity index (χ0) is 19.3. The van der Waals surface area contributed by atoms with Crippen molar-refractivity contribution >= 4 is 22.7 Å². The van der Waals surface area contributed by atoms with E-state index in [9.17, 15) is 9.18 Å². The second-order valence-corrected chi connectivity index (χ2v) is 7.15. The van der Waals surface area contributed by atoms with Crippen LogP contribution in [0.1, 0.15) is 18.4 Å². The molecule has 0 saturated carbocycles. The van der Waals surface area contributed by atoms with Gasteiger partial charge in [-0.05, 0) is 36.6 Å². The molecule has 28 heavy (non-hydrogen) atoms. The average molecular weight is 378 g/mol. The molecule has 0 atom stereocenters. The average Bonchev–Trinajstić information content (AvgIpc) is 2.71. The van der Waals surface area contributed by atoms with Crippen molar-refractivity contribution in [2.75, 3.05) is 25.0 Å². The summed E-state index contributed by atoms with van der Waals surface area (Å²) < 4.78 is 18.8. The lowest BCUT2D eigenvalue weighted by molar-refractivity contribution is 0.240. The fourth-order valence-electron chi connectivity index (χ4n) is 3.64. The molecule has 4 rings (SSSR count). The number of likely N-dealkylation sites (tertiary alicyclic amines) is 1. The number of halogens is 1. The first-order valence-electron chi connectivity index (χ1n) is 9.61. The number of hydrogen-bond donors (Lipinski definition) is 1. The smallest absolute Gasteiger partial charge is 0.338 e. The Kier molecular flexibility index (Phi) is 5.53. The minimum absolute atomic E-state index is 0.252. The van der Waals surface area contributed by atoms with Gasteiger partial charge in [0.1, 0.15) is 11.4 Å². The monoisotopic (exact) mass is 378 g/mol. The summed E-state index contributed by atoms with van der Waals surface area (Å²) in [5, 5.41) is 4.03. The minimum Gasteiger partial charge on any atom is -0.423 e. The molecule has 0 aliphatic carbocycles. The van der Waals surface area contributed by atoms with E-state index in [1.165, 1.54) is 29.8 Å². The largest absolute Gasteiger partial charge is 0.423 e. The molecule has 3 aromatic rings. The maximum absolute atomic E-state index is 13.6. The van der Waals surface area contributed by atoms with Crippen LogP contribution in [0.15, 0.2) is 69.9 Å². The first-order chi connectivity index (χ1) is 13.7. The molecule has 1 aromatic heterocycles. The molecule has 1 saturated heterocycles. The molecule has 0 spiro atoms. The number of nitrogens with one attached hydrogen (secondary N) is 1. The van der Waals surface area contributed by atoms with Crippen LogP contribution in [0.4, 0.5) is 10.1 Å². The normalized spacial score (nSPS) is 16.0. The van der Waals surface area contributed by atoms with Crippen LogP contribution in [0, 0.1) is 5.82 Å². The van der Waals surface area contributed by atoms with E-state index in [0.29, 0.717) is 16.7 Å². The minimum atomic E-state index is -0.426. The number of anilines is 1. The van der Waals surface area contributed by atoms with Crippen molar-refractivity contribution in [2.24, 2.45) is 0 Å². The molecule has 2 aromatic carbocycles. The topological polar surface area (TPSA) is 45.5 Å². The maximum Gasteiger partial charge on any atom is 0.338 e. The molecule has 0 unspecified atom stereocenters. The lowest BCUT2D eigenvalue weighted by Gasteiger charge is -2.32. The molecular formula is C23H23FN2O2. The SMILES string of the molecule is O=c1cc(NC2CCN(C/C=C/c3ccccc3)CC2)c2cc(F)ccc2o1. The Morgan fingerprint density at radius 2 is 1.89 bits per heavy atom. The highest BCUT2D eigenvalue weighted by Gasteiger charge is 2.19. The van der Waals surface area contributed by atoms with E-state index in [-0.39, 0.29) is 11.9 Å². The molecule has 0 bridgehead atoms. The van der Waals surface area contributed by atoms with E-state index < -0.39 is 5.63 Å². The fraction of sp³-hybridized carbons (Fsp3) is 0.261. The van der Waals surface area contributed by atoms with Gasteiger partial charge in [0.15, 0.2) is 0 Å². The summed E-state index contributed by atoms with van der Waals surface area (Å²) >= 11 is 0. The molecule has 144 valence electrons. The van der Waals surface area contributed by atoms with Crippen molar-refractivity contribution in [3.63, 3.8) is 0 Å². The summed E-state index contributed by atoms with van der Waals surface area (Å²) in [4.78, 5) is 14.2. The molecule has 0 radical (unpaired) electrons. The Morgan fingerprint density at radius 1 is 1.11 bits per heavy atom. The van der Waals surface area contributed by atoms with E-state index >= 15 is 0 Å². The Balaban J connectivity index is 1.36. The Hall–Kier alpha value is -2.92. The zero-order valence-corrected chi connectivity index (χ0v) is 15.6. The summed E-state index contributed by atoms with van der Waals surface area (Å²) in [7, 11) is 0. The summed E-state index contributed by atoms with van der Waals surface area (Å²) in [6, 6.07) is 16.2. The van der Waals surface area contributed by atoms with Gasteiger partial charge in [0.05, 0.1) is 5.69 Å². The van der Waals surface area contributed by atoms with E-state index in [4.69, 9.17) is 4.42 Å². The Bertz CT molecular complexity index is 1020. The van der Waals surface area contributed by atoms with Gasteiger partial charge in [0.2, 0.25) is 0 Å². The van der Waals surface area contributed by atoms with Crippen LogP contribution in [0.25, 0.3) is 17.0 Å². The van der Waals surface area contributed by atoms with Gasteiger partial charge in [-0.1, -0.05) is 42.5 Å². The van der Waals surface area contributed by atoms with Gasteiger partial charge in [0.25, 0.3) is 0 Å². The fourth-order valence-corrected chi connectivity index (χ4v) is 3.64. The Morgan fingerprint density at radius 3 is 2.68 bits per heavy atom. The third-order valence-electron chi connectivity index (χ3n) is 5.13. The van der Waals surface area contributed by atoms with Gasteiger partial charge in [-0.15, -0.1) is 0 Å². The highest BCUT2D eigenvalue weighted by molar-refractivity contribution is 5.89. The van der Waals surface area contributed by atoms with Gasteiger partial charge < -0.3 is 9.73 Å². The van der Waals surface area contributed by atoms with Crippen molar-refractivity contribution in [1.82, 2.24) is 4.90 Å². The van der Waals surface area contributed by atoms with E-state index in [0.717, 1.165) is 32.5 Å². The van der Waals surface area contributed by atoms with Gasteiger partial charge >= 0.3 is 5.63 Å². The number of nitrogens with zero attached hydrogens (tertiary/aromatic N) is 1. The summed E-state index contributed by atoms with van der Waals surface area (Å²) in [5.74, 6) is -0.343. The van der Waals surface area contributed by atoms with Crippen molar-refractivity contribution in [1.29, 1.82) is 0 Å². The maximum atomic E-state index is 13.6. The summed E-state index contributed by atoms with van der Waals surface area (Å²) in [5.41, 5.74) is 1.83. The first kappa shape index (κ1) is 18.4. The van der Waals surface area contributed by atoms with Gasteiger partial charge in [0, 0.05) is 37.1 Å². The van der Waals surface area contributed by atoms with Crippen LogP contribution in [0.3, 0.4) is 0 Å². The lowest BCUT2D eigenvalue weighted by atomic mass is 10.0. The van der Waals surface area contributed by atoms with Crippen LogP contribution in [0.5, 0.6) is 0 Å². The quantitative estimate of drug-likeness (QED) is 0.663. The second kappa shape index (κ2) is 8.40. The van der Waals surface area contributed by atoms with Crippen LogP contribution < -0.4 is 10.9 Å². The van der Waals surface area contributed by atoms with E-state index in [1.54, 1.807) is 0 Å². The van der Waals surface area contributed by atoms with Crippen LogP contribution in [0.2, 0.25) is 0 Å². The molecule has 1 N–H and O–H groups in total. The predicted octanol–water partition coefficient (Wildman–Crippen LogP) is 4.52. The molecule has 2 heterocycles. The van der Waals surface area contributed by atoms with Gasteiger partial charge in [-0.2, -0.15) is 0 Å². The number of fused-ring (bicyclic) bond motifs is 1. The highest BCUT2D eigenvalue weighted by Crippen LogP contribution is 2.25. The van der Waals surface area contributed by atoms with Crippen molar-refractivity contribution < 1.29 is 8.81 Å². The van der Waals surface area contributed by atoms with E-state index in [2.05, 4.69) is 34.5 Å². The lowest BCUT2D eigenvalue weighted by Crippen LogP contribution is -2.39. The van der Waals surface area contributed by atoms with Crippen molar-refractivity contribution in [3.8, 4) is 0 Å². The summed E-state index contributed by atoms with van der Waals surface area (Å²) in [6.45, 7) is 2.87. The van der Waals surface area contributed by atoms with Crippen LogP contribution >= 0.6 is 0 Å². The Labute approximate surface area is 163 Å². The molecule has 4 nitrogen and oxygen atoms in total. The molecule has 0 amide bonds. The highest BCUT2D eigenvalue weighted by atomic mass is 19.1. The van der Waals surface area contributed by atoms with Gasteiger partial charge in [-0.25, -0.2) is 9.18 Å². The molecule has 5 heteroatoms. The first-order valence-corrected chi connectivity index (χ1v) is 9.61. The van der Waals surface area contributed by atoms with E-state index in [1.807, 2.05) is 18.2 Å². The number of benzene rings is 2. The molecule has 1 aliphatic rings. The number of rotatable bonds is 5. The third-order valence-corrected chi connectivity index (χ3v) is 5.13. The zero-order valence-electron chi connectivity index (χ0n) is 15.6. The standard InChI is InChI=1S/C23H23FN2O2/c24-18-8-9-22-20(15-18)21(16-23(27)28-22)25-19-10-13-26(14-11-19)12-4-7-17-5-2-1-3-6-17/h1-9,15-16,19,25H,10-14H2/b7-4+. The van der Waals surface area contributed by atoms with Crippen molar-refractivity contribution in [3.05, 3.63) is 82.5 Å². The van der Waals surface area contributed by atoms with Crippen LogP contribution in [-0.4, -0.2) is 30.6 Å². The molecule has 1 fully saturated rings. The summed E-state index contributed by atoms with van der Waals surface area (Å²) in [6.07, 6.45) is 6.28. The third kappa shape index (κ3) is 4.49. The number of hydrogen-bond acceptors (Lipinski definition) is 4. The van der Waals surface area contributed by atoms with Gasteiger partial charge in [-0.3, -0.25) is 4.90 Å². The van der Waals surface area contributed by atoms with Crippen LogP contribution in [-0.2, 0) is 0 Å².